The number of Topliss-reactive ketones (excluding diaryl/α,β-unsaturated/α-hetero) is 1. The molecule has 0 amide bonds. The van der Waals surface area contributed by atoms with Crippen LogP contribution < -0.4 is 0 Å². The fourth-order valence-corrected chi connectivity index (χ4v) is 1.16. The molecule has 1 N–H and O–H groups in total. The number of benzene rings is 1. The first-order chi connectivity index (χ1) is 7.06. The molecule has 0 bridgehead atoms. The highest BCUT2D eigenvalue weighted by Crippen LogP contribution is 2.09. The molecule has 15 heavy (non-hydrogen) atoms. The Labute approximate surface area is 88.0 Å². The molecule has 0 saturated heterocycles. The van der Waals surface area contributed by atoms with E-state index in [-0.39, 0.29) is 0 Å². The van der Waals surface area contributed by atoms with Gasteiger partial charge in [0.05, 0.1) is 0 Å². The molecule has 1 aromatic rings. The van der Waals surface area contributed by atoms with Gasteiger partial charge in [-0.2, -0.15) is 0 Å². The first-order valence-corrected chi connectivity index (χ1v) is 4.62. The lowest BCUT2D eigenvalue weighted by Gasteiger charge is -2.01. The van der Waals surface area contributed by atoms with Crippen LogP contribution >= 0.6 is 0 Å². The maximum Gasteiger partial charge on any atom is 0.339 e. The molecule has 0 spiro atoms. The van der Waals surface area contributed by atoms with Gasteiger partial charge in [-0.3, -0.25) is 4.79 Å². The van der Waals surface area contributed by atoms with E-state index in [1.54, 1.807) is 12.1 Å². The maximum absolute atomic E-state index is 11.5. The Kier molecular flexibility index (Phi) is 3.39. The first-order valence-electron chi connectivity index (χ1n) is 4.62. The molecule has 78 valence electrons. The van der Waals surface area contributed by atoms with Crippen LogP contribution in [0.3, 0.4) is 0 Å². The molecule has 0 aromatic heterocycles. The Hall–Kier alpha value is -1.90. The predicted molar refractivity (Wildman–Crippen MR) is 56.9 cm³/mol. The van der Waals surface area contributed by atoms with Gasteiger partial charge in [-0.25, -0.2) is 4.79 Å². The molecule has 0 saturated carbocycles. The summed E-state index contributed by atoms with van der Waals surface area (Å²) in [5.41, 5.74) is 1.06. The number of hydrogen-bond donors (Lipinski definition) is 1. The number of rotatable bonds is 4. The zero-order valence-corrected chi connectivity index (χ0v) is 8.49. The molecule has 3 nitrogen and oxygen atoms in total. The van der Waals surface area contributed by atoms with E-state index < -0.39 is 17.3 Å². The van der Waals surface area contributed by atoms with Crippen LogP contribution in [-0.2, 0) is 11.2 Å². The van der Waals surface area contributed by atoms with E-state index in [1.807, 2.05) is 19.1 Å². The van der Waals surface area contributed by atoms with Gasteiger partial charge in [-0.05, 0) is 12.0 Å². The molecular formula is C12H12O3. The van der Waals surface area contributed by atoms with Crippen LogP contribution in [0.15, 0.2) is 36.4 Å². The van der Waals surface area contributed by atoms with Crippen molar-refractivity contribution < 1.29 is 14.7 Å². The fourth-order valence-electron chi connectivity index (χ4n) is 1.16. The summed E-state index contributed by atoms with van der Waals surface area (Å²) in [6.07, 6.45) is 0.883. The predicted octanol–water partition coefficient (Wildman–Crippen LogP) is 2.07. The van der Waals surface area contributed by atoms with Gasteiger partial charge in [-0.15, -0.1) is 0 Å². The maximum atomic E-state index is 11.5. The molecule has 0 aliphatic rings. The monoisotopic (exact) mass is 204 g/mol. The van der Waals surface area contributed by atoms with E-state index in [2.05, 4.69) is 6.58 Å². The summed E-state index contributed by atoms with van der Waals surface area (Å²) in [4.78, 5) is 22.0. The van der Waals surface area contributed by atoms with Crippen molar-refractivity contribution in [2.75, 3.05) is 0 Å². The van der Waals surface area contributed by atoms with Gasteiger partial charge in [-0.1, -0.05) is 37.8 Å². The highest BCUT2D eigenvalue weighted by Gasteiger charge is 2.15. The Morgan fingerprint density at radius 1 is 1.27 bits per heavy atom. The van der Waals surface area contributed by atoms with Crippen molar-refractivity contribution in [2.45, 2.75) is 13.3 Å². The summed E-state index contributed by atoms with van der Waals surface area (Å²) in [5.74, 6) is -1.82. The molecule has 0 aliphatic heterocycles. The Balaban J connectivity index is 2.92. The standard InChI is InChI=1S/C12H12O3/c1-3-9-4-6-10(7-5-9)11(13)8(2)12(14)15/h4-7H,2-3H2,1H3,(H,14,15). The highest BCUT2D eigenvalue weighted by atomic mass is 16.4. The summed E-state index contributed by atoms with van der Waals surface area (Å²) in [5, 5.41) is 8.59. The summed E-state index contributed by atoms with van der Waals surface area (Å²) in [6, 6.07) is 6.86. The Morgan fingerprint density at radius 3 is 2.20 bits per heavy atom. The molecule has 0 radical (unpaired) electrons. The number of carboxylic acid groups (broad SMARTS) is 1. The molecule has 0 fully saturated rings. The van der Waals surface area contributed by atoms with Crippen LogP contribution in [0.25, 0.3) is 0 Å². The molecule has 0 heterocycles. The summed E-state index contributed by atoms with van der Waals surface area (Å²) >= 11 is 0. The lowest BCUT2D eigenvalue weighted by Crippen LogP contribution is -2.11. The van der Waals surface area contributed by atoms with Gasteiger partial charge in [0.25, 0.3) is 0 Å². The van der Waals surface area contributed by atoms with Crippen molar-refractivity contribution in [2.24, 2.45) is 0 Å². The van der Waals surface area contributed by atoms with E-state index in [9.17, 15) is 9.59 Å². The smallest absolute Gasteiger partial charge is 0.339 e. The minimum Gasteiger partial charge on any atom is -0.478 e. The van der Waals surface area contributed by atoms with Gasteiger partial charge in [0.2, 0.25) is 0 Å². The molecule has 0 atom stereocenters. The summed E-state index contributed by atoms with van der Waals surface area (Å²) in [7, 11) is 0. The van der Waals surface area contributed by atoms with E-state index in [4.69, 9.17) is 5.11 Å². The van der Waals surface area contributed by atoms with Crippen molar-refractivity contribution in [1.29, 1.82) is 0 Å². The molecule has 1 aromatic carbocycles. The molecule has 1 rings (SSSR count). The average molecular weight is 204 g/mol. The highest BCUT2D eigenvalue weighted by molar-refractivity contribution is 6.23. The number of aliphatic carboxylic acids is 1. The molecular weight excluding hydrogens is 192 g/mol. The van der Waals surface area contributed by atoms with E-state index >= 15 is 0 Å². The summed E-state index contributed by atoms with van der Waals surface area (Å²) in [6.45, 7) is 5.23. The fraction of sp³-hybridized carbons (Fsp3) is 0.167. The number of hydrogen-bond acceptors (Lipinski definition) is 2. The van der Waals surface area contributed by atoms with Crippen LogP contribution in [0.5, 0.6) is 0 Å². The van der Waals surface area contributed by atoms with Gasteiger partial charge in [0.15, 0.2) is 5.78 Å². The molecule has 0 aliphatic carbocycles. The quantitative estimate of drug-likeness (QED) is 0.353. The number of carboxylic acids is 1. The number of ketones is 1. The van der Waals surface area contributed by atoms with Crippen LogP contribution in [-0.4, -0.2) is 16.9 Å². The van der Waals surface area contributed by atoms with E-state index in [0.717, 1.165) is 12.0 Å². The minimum absolute atomic E-state index is 0.361. The van der Waals surface area contributed by atoms with Crippen LogP contribution in [0.4, 0.5) is 0 Å². The average Bonchev–Trinajstić information content (AvgIpc) is 2.27. The van der Waals surface area contributed by atoms with Crippen molar-refractivity contribution in [1.82, 2.24) is 0 Å². The number of carbonyl (C=O) groups is 2. The van der Waals surface area contributed by atoms with Gasteiger partial charge >= 0.3 is 5.97 Å². The van der Waals surface area contributed by atoms with Crippen molar-refractivity contribution in [3.05, 3.63) is 47.5 Å². The Bertz CT molecular complexity index is 401. The van der Waals surface area contributed by atoms with Gasteiger partial charge in [0.1, 0.15) is 5.57 Å². The van der Waals surface area contributed by atoms with Crippen LogP contribution in [0.1, 0.15) is 22.8 Å². The normalized spacial score (nSPS) is 9.67. The second-order valence-corrected chi connectivity index (χ2v) is 3.16. The Morgan fingerprint density at radius 2 is 1.80 bits per heavy atom. The number of carbonyl (C=O) groups excluding carboxylic acids is 1. The minimum atomic E-state index is -1.28. The van der Waals surface area contributed by atoms with Gasteiger partial charge in [0, 0.05) is 5.56 Å². The van der Waals surface area contributed by atoms with E-state index in [1.165, 1.54) is 0 Å². The summed E-state index contributed by atoms with van der Waals surface area (Å²) < 4.78 is 0. The number of aryl methyl sites for hydroxylation is 1. The SMILES string of the molecule is C=C(C(=O)O)C(=O)c1ccc(CC)cc1. The van der Waals surface area contributed by atoms with Crippen LogP contribution in [0.2, 0.25) is 0 Å². The second-order valence-electron chi connectivity index (χ2n) is 3.16. The third kappa shape index (κ3) is 2.53. The van der Waals surface area contributed by atoms with Crippen molar-refractivity contribution in [3.8, 4) is 0 Å². The first kappa shape index (κ1) is 11.2. The zero-order valence-electron chi connectivity index (χ0n) is 8.49. The van der Waals surface area contributed by atoms with E-state index in [0.29, 0.717) is 5.56 Å². The topological polar surface area (TPSA) is 54.4 Å². The second kappa shape index (κ2) is 4.55. The van der Waals surface area contributed by atoms with Crippen molar-refractivity contribution in [3.63, 3.8) is 0 Å². The molecule has 3 heteroatoms. The zero-order chi connectivity index (χ0) is 11.4. The largest absolute Gasteiger partial charge is 0.478 e. The van der Waals surface area contributed by atoms with Gasteiger partial charge < -0.3 is 5.11 Å². The lowest BCUT2D eigenvalue weighted by atomic mass is 10.0. The molecule has 0 unspecified atom stereocenters. The van der Waals surface area contributed by atoms with Crippen LogP contribution in [0, 0.1) is 0 Å². The van der Waals surface area contributed by atoms with Crippen molar-refractivity contribution >= 4 is 11.8 Å². The third-order valence-electron chi connectivity index (χ3n) is 2.16. The lowest BCUT2D eigenvalue weighted by molar-refractivity contribution is -0.132. The third-order valence-corrected chi connectivity index (χ3v) is 2.16.